The van der Waals surface area contributed by atoms with Crippen molar-refractivity contribution < 1.29 is 4.52 Å². The van der Waals surface area contributed by atoms with Gasteiger partial charge in [0.15, 0.2) is 0 Å². The molecule has 3 heteroatoms. The van der Waals surface area contributed by atoms with Gasteiger partial charge in [-0.2, -0.15) is 0 Å². The fraction of sp³-hybridized carbons (Fsp3) is 0.0455. The first-order chi connectivity index (χ1) is 12.3. The van der Waals surface area contributed by atoms with E-state index in [1.165, 1.54) is 14.5 Å². The van der Waals surface area contributed by atoms with Gasteiger partial charge in [0.2, 0.25) is 0 Å². The predicted molar refractivity (Wildman–Crippen MR) is 104 cm³/mol. The molecular weight excluding hydrogens is 373 g/mol. The van der Waals surface area contributed by atoms with E-state index in [4.69, 9.17) is 4.52 Å². The summed E-state index contributed by atoms with van der Waals surface area (Å²) in [5, 5.41) is 4.43. The van der Waals surface area contributed by atoms with Crippen LogP contribution in [0.1, 0.15) is 5.56 Å². The van der Waals surface area contributed by atoms with Gasteiger partial charge in [-0.1, -0.05) is 0 Å². The van der Waals surface area contributed by atoms with Gasteiger partial charge in [-0.15, -0.1) is 0 Å². The Morgan fingerprint density at radius 3 is 2.16 bits per heavy atom. The topological polar surface area (TPSA) is 26.0 Å². The normalized spacial score (nSPS) is 10.8. The Balaban J connectivity index is 1.86. The average molecular weight is 390 g/mol. The number of hydrogen-bond acceptors (Lipinski definition) is 2. The summed E-state index contributed by atoms with van der Waals surface area (Å²) in [7, 11) is 0. The Kier molecular flexibility index (Phi) is 4.51. The maximum absolute atomic E-state index is 5.83. The van der Waals surface area contributed by atoms with Gasteiger partial charge < -0.3 is 0 Å². The first-order valence-electron chi connectivity index (χ1n) is 8.16. The zero-order valence-corrected chi connectivity index (χ0v) is 15.6. The van der Waals surface area contributed by atoms with Gasteiger partial charge >= 0.3 is 154 Å². The molecule has 0 aliphatic heterocycles. The summed E-state index contributed by atoms with van der Waals surface area (Å²) in [6, 6.07) is 29.2. The Bertz CT molecular complexity index is 977. The molecule has 0 N–H and O–H groups in total. The van der Waals surface area contributed by atoms with E-state index in [9.17, 15) is 0 Å². The molecule has 25 heavy (non-hydrogen) atoms. The van der Waals surface area contributed by atoms with Crippen molar-refractivity contribution in [1.29, 1.82) is 0 Å². The number of hydrogen-bond donors (Lipinski definition) is 0. The molecule has 0 atom stereocenters. The summed E-state index contributed by atoms with van der Waals surface area (Å²) in [6.07, 6.45) is 0. The van der Waals surface area contributed by atoms with Crippen LogP contribution in [0.15, 0.2) is 89.5 Å². The third-order valence-electron chi connectivity index (χ3n) is 3.94. The number of aromatic nitrogens is 1. The SMILES string of the molecule is Cc1cccc(-c2onc(-c3ccccc3)c2[Se]c2ccccc2)c1. The van der Waals surface area contributed by atoms with Gasteiger partial charge in [-0.3, -0.25) is 0 Å². The third-order valence-corrected chi connectivity index (χ3v) is 6.23. The van der Waals surface area contributed by atoms with Gasteiger partial charge in [0.05, 0.1) is 0 Å². The van der Waals surface area contributed by atoms with E-state index in [1.54, 1.807) is 0 Å². The fourth-order valence-electron chi connectivity index (χ4n) is 2.73. The van der Waals surface area contributed by atoms with Crippen molar-refractivity contribution in [3.05, 3.63) is 90.5 Å². The molecule has 0 bridgehead atoms. The second-order valence-corrected chi connectivity index (χ2v) is 8.11. The Morgan fingerprint density at radius 2 is 1.44 bits per heavy atom. The van der Waals surface area contributed by atoms with E-state index >= 15 is 0 Å². The van der Waals surface area contributed by atoms with Crippen LogP contribution in [0.2, 0.25) is 0 Å². The van der Waals surface area contributed by atoms with Crippen LogP contribution < -0.4 is 8.92 Å². The van der Waals surface area contributed by atoms with E-state index < -0.39 is 0 Å². The van der Waals surface area contributed by atoms with Gasteiger partial charge in [0, 0.05) is 0 Å². The van der Waals surface area contributed by atoms with Crippen LogP contribution in [0, 0.1) is 6.92 Å². The molecule has 0 amide bonds. The van der Waals surface area contributed by atoms with Crippen molar-refractivity contribution in [3.8, 4) is 22.6 Å². The van der Waals surface area contributed by atoms with Gasteiger partial charge in [0.1, 0.15) is 0 Å². The molecule has 0 radical (unpaired) electrons. The molecule has 0 spiro atoms. The summed E-state index contributed by atoms with van der Waals surface area (Å²) in [6.45, 7) is 2.10. The summed E-state index contributed by atoms with van der Waals surface area (Å²) in [5.41, 5.74) is 4.34. The van der Waals surface area contributed by atoms with Crippen LogP contribution in [0.3, 0.4) is 0 Å². The van der Waals surface area contributed by atoms with Crippen LogP contribution in [0.4, 0.5) is 0 Å². The number of rotatable bonds is 4. The molecule has 0 fully saturated rings. The molecule has 0 unspecified atom stereocenters. The van der Waals surface area contributed by atoms with Crippen LogP contribution in [-0.2, 0) is 0 Å². The Morgan fingerprint density at radius 1 is 0.760 bits per heavy atom. The Hall–Kier alpha value is -2.61. The molecule has 2 nitrogen and oxygen atoms in total. The van der Waals surface area contributed by atoms with E-state index in [1.807, 2.05) is 24.3 Å². The van der Waals surface area contributed by atoms with Gasteiger partial charge in [-0.05, 0) is 0 Å². The van der Waals surface area contributed by atoms with E-state index in [2.05, 4.69) is 72.7 Å². The number of benzene rings is 3. The zero-order chi connectivity index (χ0) is 17.1. The predicted octanol–water partition coefficient (Wildman–Crippen LogP) is 3.97. The Labute approximate surface area is 153 Å². The molecule has 0 aliphatic rings. The number of aryl methyl sites for hydroxylation is 1. The average Bonchev–Trinajstić information content (AvgIpc) is 3.07. The minimum atomic E-state index is 0.117. The number of nitrogens with zero attached hydrogens (tertiary/aromatic N) is 1. The van der Waals surface area contributed by atoms with Crippen LogP contribution >= 0.6 is 0 Å². The molecule has 4 rings (SSSR count). The molecule has 4 aromatic rings. The standard InChI is InChI=1S/C22H17NOSe/c1-16-9-8-12-18(15-16)21-22(25-19-13-6-3-7-14-19)20(23-24-21)17-10-4-2-5-11-17/h2-15H,1H3. The molecule has 0 saturated carbocycles. The van der Waals surface area contributed by atoms with Crippen molar-refractivity contribution in [3.63, 3.8) is 0 Å². The van der Waals surface area contributed by atoms with Gasteiger partial charge in [0.25, 0.3) is 0 Å². The molecule has 122 valence electrons. The summed E-state index contributed by atoms with van der Waals surface area (Å²) in [4.78, 5) is 0. The van der Waals surface area contributed by atoms with Crippen LogP contribution in [-0.4, -0.2) is 20.1 Å². The quantitative estimate of drug-likeness (QED) is 0.493. The molecule has 0 aliphatic carbocycles. The molecule has 3 aromatic carbocycles. The summed E-state index contributed by atoms with van der Waals surface area (Å²) in [5.74, 6) is 0.881. The monoisotopic (exact) mass is 391 g/mol. The summed E-state index contributed by atoms with van der Waals surface area (Å²) >= 11 is 0.117. The maximum atomic E-state index is 5.83. The van der Waals surface area contributed by atoms with Crippen molar-refractivity contribution in [2.24, 2.45) is 0 Å². The van der Waals surface area contributed by atoms with Crippen LogP contribution in [0.5, 0.6) is 0 Å². The van der Waals surface area contributed by atoms with E-state index in [0.717, 1.165) is 22.6 Å². The molecular formula is C22H17NOSe. The third kappa shape index (κ3) is 3.43. The van der Waals surface area contributed by atoms with E-state index in [0.29, 0.717) is 0 Å². The first-order valence-corrected chi connectivity index (χ1v) is 9.87. The summed E-state index contributed by atoms with van der Waals surface area (Å²) < 4.78 is 8.33. The molecule has 0 saturated heterocycles. The van der Waals surface area contributed by atoms with Crippen molar-refractivity contribution in [2.45, 2.75) is 6.92 Å². The second kappa shape index (κ2) is 7.10. The van der Waals surface area contributed by atoms with E-state index in [-0.39, 0.29) is 15.0 Å². The van der Waals surface area contributed by atoms with Crippen molar-refractivity contribution in [2.75, 3.05) is 0 Å². The fourth-order valence-corrected chi connectivity index (χ4v) is 4.89. The van der Waals surface area contributed by atoms with Crippen LogP contribution in [0.25, 0.3) is 22.6 Å². The minimum absolute atomic E-state index is 0.117. The van der Waals surface area contributed by atoms with Crippen molar-refractivity contribution >= 4 is 23.9 Å². The molecule has 1 heterocycles. The second-order valence-electron chi connectivity index (χ2n) is 5.84. The zero-order valence-electron chi connectivity index (χ0n) is 13.8. The van der Waals surface area contributed by atoms with Crippen molar-refractivity contribution in [1.82, 2.24) is 5.16 Å². The molecule has 1 aromatic heterocycles. The van der Waals surface area contributed by atoms with Gasteiger partial charge in [-0.25, -0.2) is 0 Å². The first kappa shape index (κ1) is 15.9.